The Balaban J connectivity index is 2.16. The van der Waals surface area contributed by atoms with E-state index in [1.54, 1.807) is 36.7 Å². The second kappa shape index (κ2) is 7.49. The maximum absolute atomic E-state index is 13.3. The first-order chi connectivity index (χ1) is 10.5. The van der Waals surface area contributed by atoms with Gasteiger partial charge in [0.25, 0.3) is 0 Å². The number of amides is 2. The first-order valence-corrected chi connectivity index (χ1v) is 6.90. The molecule has 0 bridgehead atoms. The predicted molar refractivity (Wildman–Crippen MR) is 79.3 cm³/mol. The van der Waals surface area contributed by atoms with Gasteiger partial charge in [0.1, 0.15) is 5.82 Å². The number of carbonyl (C=O) groups is 1. The van der Waals surface area contributed by atoms with E-state index in [1.807, 2.05) is 0 Å². The monoisotopic (exact) mass is 305 g/mol. The number of nitrogens with zero attached hydrogens (tertiary/aromatic N) is 1. The molecule has 0 aliphatic carbocycles. The summed E-state index contributed by atoms with van der Waals surface area (Å²) >= 11 is 0. The minimum absolute atomic E-state index is 0.343. The average molecular weight is 305 g/mol. The molecule has 1 aromatic carbocycles. The van der Waals surface area contributed by atoms with Crippen molar-refractivity contribution in [1.29, 1.82) is 0 Å². The van der Waals surface area contributed by atoms with Crippen molar-refractivity contribution in [2.24, 2.45) is 0 Å². The van der Waals surface area contributed by atoms with E-state index in [-0.39, 0.29) is 5.82 Å². The molecular formula is C16H17F2N3O. The van der Waals surface area contributed by atoms with Gasteiger partial charge in [-0.25, -0.2) is 13.6 Å². The number of carbonyl (C=O) groups excluding carboxylic acids is 1. The largest absolute Gasteiger partial charge is 0.331 e. The molecule has 2 amide bonds. The van der Waals surface area contributed by atoms with Crippen LogP contribution in [-0.4, -0.2) is 17.3 Å². The Morgan fingerprint density at radius 1 is 1.27 bits per heavy atom. The zero-order chi connectivity index (χ0) is 15.9. The average Bonchev–Trinajstić information content (AvgIpc) is 2.47. The molecule has 0 aliphatic rings. The summed E-state index contributed by atoms with van der Waals surface area (Å²) in [5.41, 5.74) is 1.48. The van der Waals surface area contributed by atoms with Gasteiger partial charge in [-0.15, -0.1) is 0 Å². The maximum Gasteiger partial charge on any atom is 0.317 e. The lowest BCUT2D eigenvalue weighted by atomic mass is 10.0. The molecule has 4 nitrogen and oxygen atoms in total. The van der Waals surface area contributed by atoms with Gasteiger partial charge in [0.2, 0.25) is 0 Å². The highest BCUT2D eigenvalue weighted by molar-refractivity contribution is 5.74. The summed E-state index contributed by atoms with van der Waals surface area (Å²) in [6.07, 6.45) is 2.15. The lowest BCUT2D eigenvalue weighted by molar-refractivity contribution is 0.218. The van der Waals surface area contributed by atoms with Crippen molar-refractivity contribution < 1.29 is 13.6 Å². The van der Waals surface area contributed by atoms with Crippen molar-refractivity contribution in [3.63, 3.8) is 0 Å². The van der Waals surface area contributed by atoms with Gasteiger partial charge in [0.05, 0.1) is 6.04 Å². The Kier molecular flexibility index (Phi) is 5.41. The van der Waals surface area contributed by atoms with Gasteiger partial charge in [-0.3, -0.25) is 4.98 Å². The van der Waals surface area contributed by atoms with E-state index in [4.69, 9.17) is 0 Å². The van der Waals surface area contributed by atoms with Crippen molar-refractivity contribution in [1.82, 2.24) is 15.6 Å². The summed E-state index contributed by atoms with van der Waals surface area (Å²) in [6, 6.07) is 8.61. The van der Waals surface area contributed by atoms with E-state index >= 15 is 0 Å². The molecule has 0 saturated carbocycles. The Morgan fingerprint density at radius 3 is 2.73 bits per heavy atom. The first kappa shape index (κ1) is 15.9. The number of nitrogens with one attached hydrogen (secondary N) is 2. The Hall–Kier alpha value is -2.50. The fourth-order valence-electron chi connectivity index (χ4n) is 2.11. The lowest BCUT2D eigenvalue weighted by Gasteiger charge is -2.20. The van der Waals surface area contributed by atoms with Crippen molar-refractivity contribution in [2.45, 2.75) is 25.7 Å². The summed E-state index contributed by atoms with van der Waals surface area (Å²) in [4.78, 5) is 15.8. The van der Waals surface area contributed by atoms with Crippen molar-refractivity contribution in [2.75, 3.05) is 0 Å². The number of benzene rings is 1. The zero-order valence-corrected chi connectivity index (χ0v) is 12.1. The van der Waals surface area contributed by atoms with Gasteiger partial charge in [0.15, 0.2) is 6.30 Å². The summed E-state index contributed by atoms with van der Waals surface area (Å²) in [6.45, 7) is 1.23. The van der Waals surface area contributed by atoms with Crippen LogP contribution in [0.1, 0.15) is 24.1 Å². The topological polar surface area (TPSA) is 54.0 Å². The molecule has 6 heteroatoms. The van der Waals surface area contributed by atoms with Crippen LogP contribution in [0.15, 0.2) is 48.8 Å². The van der Waals surface area contributed by atoms with Crippen molar-refractivity contribution in [3.8, 4) is 0 Å². The van der Waals surface area contributed by atoms with Crippen LogP contribution in [-0.2, 0) is 6.42 Å². The normalized spacial score (nSPS) is 13.2. The molecule has 2 N–H and O–H groups in total. The van der Waals surface area contributed by atoms with E-state index < -0.39 is 18.4 Å². The number of aromatic nitrogens is 1. The minimum atomic E-state index is -1.45. The first-order valence-electron chi connectivity index (χ1n) is 6.90. The molecule has 0 spiro atoms. The van der Waals surface area contributed by atoms with Crippen LogP contribution in [0.25, 0.3) is 0 Å². The highest BCUT2D eigenvalue weighted by Crippen LogP contribution is 2.18. The van der Waals surface area contributed by atoms with Gasteiger partial charge < -0.3 is 10.6 Å². The number of hydrogen-bond donors (Lipinski definition) is 2. The number of hydrogen-bond acceptors (Lipinski definition) is 2. The van der Waals surface area contributed by atoms with Crippen LogP contribution in [0.5, 0.6) is 0 Å². The fraction of sp³-hybridized carbons (Fsp3) is 0.250. The molecule has 2 rings (SSSR count). The minimum Gasteiger partial charge on any atom is -0.331 e. The van der Waals surface area contributed by atoms with Crippen LogP contribution in [0.4, 0.5) is 13.6 Å². The second-order valence-corrected chi connectivity index (χ2v) is 4.91. The van der Waals surface area contributed by atoms with Crippen LogP contribution in [0, 0.1) is 5.82 Å². The standard InChI is InChI=1S/C16H17F2N3O/c1-11(17)20-16(22)21-15(13-5-3-7-19-10-13)9-12-4-2-6-14(18)8-12/h2-8,10-11,15H,9H2,1H3,(H2,20,21,22). The molecule has 0 fully saturated rings. The van der Waals surface area contributed by atoms with Gasteiger partial charge in [-0.1, -0.05) is 18.2 Å². The van der Waals surface area contributed by atoms with Crippen molar-refractivity contribution in [3.05, 3.63) is 65.7 Å². The number of pyridine rings is 1. The molecule has 2 aromatic rings. The molecule has 116 valence electrons. The smallest absolute Gasteiger partial charge is 0.317 e. The van der Waals surface area contributed by atoms with Crippen LogP contribution in [0.3, 0.4) is 0 Å². The van der Waals surface area contributed by atoms with Crippen LogP contribution < -0.4 is 10.6 Å². The molecular weight excluding hydrogens is 288 g/mol. The Bertz CT molecular complexity index is 620. The zero-order valence-electron chi connectivity index (χ0n) is 12.1. The highest BCUT2D eigenvalue weighted by atomic mass is 19.1. The molecule has 2 atom stereocenters. The summed E-state index contributed by atoms with van der Waals surface area (Å²) < 4.78 is 26.1. The fourth-order valence-corrected chi connectivity index (χ4v) is 2.11. The number of alkyl halides is 1. The van der Waals surface area contributed by atoms with E-state index in [2.05, 4.69) is 15.6 Å². The van der Waals surface area contributed by atoms with E-state index in [0.717, 1.165) is 11.1 Å². The van der Waals surface area contributed by atoms with Crippen LogP contribution in [0.2, 0.25) is 0 Å². The summed E-state index contributed by atoms with van der Waals surface area (Å²) in [5.74, 6) is -0.343. The third-order valence-corrected chi connectivity index (χ3v) is 3.05. The molecule has 0 aliphatic heterocycles. The SMILES string of the molecule is CC(F)NC(=O)NC(Cc1cccc(F)c1)c1cccnc1. The van der Waals surface area contributed by atoms with Crippen molar-refractivity contribution >= 4 is 6.03 Å². The quantitative estimate of drug-likeness (QED) is 0.834. The van der Waals surface area contributed by atoms with Gasteiger partial charge in [0, 0.05) is 12.4 Å². The Morgan fingerprint density at radius 2 is 2.09 bits per heavy atom. The van der Waals surface area contributed by atoms with Crippen LogP contribution >= 0.6 is 0 Å². The van der Waals surface area contributed by atoms with Gasteiger partial charge in [-0.05, 0) is 42.7 Å². The molecule has 0 saturated heterocycles. The molecule has 2 unspecified atom stereocenters. The third kappa shape index (κ3) is 4.80. The second-order valence-electron chi connectivity index (χ2n) is 4.91. The molecule has 22 heavy (non-hydrogen) atoms. The highest BCUT2D eigenvalue weighted by Gasteiger charge is 2.16. The third-order valence-electron chi connectivity index (χ3n) is 3.05. The van der Waals surface area contributed by atoms with Gasteiger partial charge in [-0.2, -0.15) is 0 Å². The number of rotatable bonds is 5. The number of urea groups is 1. The van der Waals surface area contributed by atoms with Gasteiger partial charge >= 0.3 is 6.03 Å². The Labute approximate surface area is 127 Å². The predicted octanol–water partition coefficient (Wildman–Crippen LogP) is 3.12. The molecule has 0 radical (unpaired) electrons. The summed E-state index contributed by atoms with van der Waals surface area (Å²) in [7, 11) is 0. The molecule has 1 aromatic heterocycles. The lowest BCUT2D eigenvalue weighted by Crippen LogP contribution is -2.41. The number of halogens is 2. The van der Waals surface area contributed by atoms with E-state index in [9.17, 15) is 13.6 Å². The molecule has 1 heterocycles. The van der Waals surface area contributed by atoms with E-state index in [1.165, 1.54) is 19.1 Å². The summed E-state index contributed by atoms with van der Waals surface area (Å²) in [5, 5.41) is 4.81. The van der Waals surface area contributed by atoms with E-state index in [0.29, 0.717) is 6.42 Å². The maximum atomic E-state index is 13.3.